The molecule has 1 aromatic rings. The fraction of sp³-hybridized carbons (Fsp3) is 0.455. The van der Waals surface area contributed by atoms with Crippen LogP contribution < -0.4 is 10.1 Å². The van der Waals surface area contributed by atoms with E-state index < -0.39 is 0 Å². The number of carbonyl (C=O) groups is 1. The summed E-state index contributed by atoms with van der Waals surface area (Å²) in [4.78, 5) is 15.5. The summed E-state index contributed by atoms with van der Waals surface area (Å²) in [7, 11) is 0. The molecular formula is C11H14N2O2. The van der Waals surface area contributed by atoms with E-state index in [-0.39, 0.29) is 12.5 Å². The molecule has 1 aliphatic rings. The van der Waals surface area contributed by atoms with E-state index in [2.05, 4.69) is 24.1 Å². The Bertz CT molecular complexity index is 390. The standard InChI is InChI=1S/C11H14N2O2/c1-3-7(2)8-4-5-9-11(12-8)13-10(14)6-15-9/h4-5,7H,3,6H2,1-2H3,(H,12,13,14). The molecule has 1 aliphatic heterocycles. The number of aromatic nitrogens is 1. The van der Waals surface area contributed by atoms with Crippen LogP contribution in [0.5, 0.6) is 5.75 Å². The van der Waals surface area contributed by atoms with Crippen molar-refractivity contribution in [2.24, 2.45) is 0 Å². The van der Waals surface area contributed by atoms with E-state index >= 15 is 0 Å². The number of hydrogen-bond donors (Lipinski definition) is 1. The average Bonchev–Trinajstić information content (AvgIpc) is 2.27. The van der Waals surface area contributed by atoms with E-state index in [1.54, 1.807) is 0 Å². The van der Waals surface area contributed by atoms with Gasteiger partial charge in [0, 0.05) is 5.69 Å². The Morgan fingerprint density at radius 3 is 3.13 bits per heavy atom. The molecule has 0 radical (unpaired) electrons. The third-order valence-corrected chi connectivity index (χ3v) is 2.61. The van der Waals surface area contributed by atoms with Crippen molar-refractivity contribution in [3.63, 3.8) is 0 Å². The molecule has 4 heteroatoms. The first-order valence-corrected chi connectivity index (χ1v) is 5.14. The predicted molar refractivity (Wildman–Crippen MR) is 57.1 cm³/mol. The van der Waals surface area contributed by atoms with Crippen LogP contribution in [-0.4, -0.2) is 17.5 Å². The Labute approximate surface area is 88.7 Å². The van der Waals surface area contributed by atoms with Crippen molar-refractivity contribution >= 4 is 11.7 Å². The lowest BCUT2D eigenvalue weighted by molar-refractivity contribution is -0.118. The second-order valence-corrected chi connectivity index (χ2v) is 3.73. The summed E-state index contributed by atoms with van der Waals surface area (Å²) in [6, 6.07) is 3.81. The second kappa shape index (κ2) is 3.88. The second-order valence-electron chi connectivity index (χ2n) is 3.73. The number of nitrogens with zero attached hydrogens (tertiary/aromatic N) is 1. The summed E-state index contributed by atoms with van der Waals surface area (Å²) in [6.45, 7) is 4.30. The van der Waals surface area contributed by atoms with Crippen LogP contribution in [0.25, 0.3) is 0 Å². The molecule has 80 valence electrons. The zero-order chi connectivity index (χ0) is 10.8. The lowest BCUT2D eigenvalue weighted by Gasteiger charge is -2.18. The highest BCUT2D eigenvalue weighted by Gasteiger charge is 2.18. The minimum Gasteiger partial charge on any atom is -0.480 e. The maximum absolute atomic E-state index is 11.1. The minimum absolute atomic E-state index is 0.0807. The molecule has 0 saturated carbocycles. The Hall–Kier alpha value is -1.58. The van der Waals surface area contributed by atoms with Gasteiger partial charge in [-0.15, -0.1) is 0 Å². The lowest BCUT2D eigenvalue weighted by atomic mass is 10.0. The number of nitrogens with one attached hydrogen (secondary N) is 1. The molecule has 0 aliphatic carbocycles. The summed E-state index contributed by atoms with van der Waals surface area (Å²) >= 11 is 0. The highest BCUT2D eigenvalue weighted by Crippen LogP contribution is 2.28. The Morgan fingerprint density at radius 1 is 1.60 bits per heavy atom. The van der Waals surface area contributed by atoms with E-state index in [4.69, 9.17) is 4.74 Å². The quantitative estimate of drug-likeness (QED) is 0.804. The van der Waals surface area contributed by atoms with Gasteiger partial charge in [0.05, 0.1) is 0 Å². The third kappa shape index (κ3) is 1.93. The van der Waals surface area contributed by atoms with Gasteiger partial charge in [0.15, 0.2) is 18.2 Å². The molecule has 15 heavy (non-hydrogen) atoms. The van der Waals surface area contributed by atoms with Crippen molar-refractivity contribution in [3.05, 3.63) is 17.8 Å². The first-order chi connectivity index (χ1) is 7.20. The first kappa shape index (κ1) is 9.96. The largest absolute Gasteiger partial charge is 0.480 e. The van der Waals surface area contributed by atoms with Crippen molar-refractivity contribution in [2.75, 3.05) is 11.9 Å². The zero-order valence-corrected chi connectivity index (χ0v) is 8.91. The summed E-state index contributed by atoms with van der Waals surface area (Å²) in [6.07, 6.45) is 1.03. The number of carbonyl (C=O) groups excluding carboxylic acids is 1. The van der Waals surface area contributed by atoms with E-state index in [0.717, 1.165) is 12.1 Å². The van der Waals surface area contributed by atoms with Gasteiger partial charge in [-0.05, 0) is 24.5 Å². The van der Waals surface area contributed by atoms with Gasteiger partial charge >= 0.3 is 0 Å². The van der Waals surface area contributed by atoms with Crippen LogP contribution in [0.3, 0.4) is 0 Å². The molecule has 0 bridgehead atoms. The summed E-state index contributed by atoms with van der Waals surface area (Å²) in [5, 5.41) is 2.70. The number of amides is 1. The maximum atomic E-state index is 11.1. The number of pyridine rings is 1. The van der Waals surface area contributed by atoms with Crippen molar-refractivity contribution in [2.45, 2.75) is 26.2 Å². The van der Waals surface area contributed by atoms with Crippen LogP contribution in [0.2, 0.25) is 0 Å². The fourth-order valence-electron chi connectivity index (χ4n) is 1.46. The fourth-order valence-corrected chi connectivity index (χ4v) is 1.46. The molecule has 4 nitrogen and oxygen atoms in total. The molecule has 1 N–H and O–H groups in total. The molecule has 1 aromatic heterocycles. The van der Waals surface area contributed by atoms with Crippen LogP contribution in [0.4, 0.5) is 5.82 Å². The SMILES string of the molecule is CCC(C)c1ccc2c(n1)NC(=O)CO2. The Kier molecular flexibility index (Phi) is 2.58. The van der Waals surface area contributed by atoms with Gasteiger partial charge in [-0.25, -0.2) is 4.98 Å². The third-order valence-electron chi connectivity index (χ3n) is 2.61. The van der Waals surface area contributed by atoms with Gasteiger partial charge in [0.1, 0.15) is 0 Å². The monoisotopic (exact) mass is 206 g/mol. The van der Waals surface area contributed by atoms with E-state index in [9.17, 15) is 4.79 Å². The van der Waals surface area contributed by atoms with Crippen LogP contribution in [-0.2, 0) is 4.79 Å². The number of rotatable bonds is 2. The van der Waals surface area contributed by atoms with E-state index in [1.807, 2.05) is 12.1 Å². The summed E-state index contributed by atoms with van der Waals surface area (Å²) < 4.78 is 5.23. The number of hydrogen-bond acceptors (Lipinski definition) is 3. The molecule has 0 spiro atoms. The first-order valence-electron chi connectivity index (χ1n) is 5.14. The average molecular weight is 206 g/mol. The molecular weight excluding hydrogens is 192 g/mol. The van der Waals surface area contributed by atoms with Gasteiger partial charge in [0.25, 0.3) is 5.91 Å². The van der Waals surface area contributed by atoms with Crippen molar-refractivity contribution < 1.29 is 9.53 Å². The van der Waals surface area contributed by atoms with Gasteiger partial charge in [0.2, 0.25) is 0 Å². The number of anilines is 1. The summed E-state index contributed by atoms with van der Waals surface area (Å²) in [5.74, 6) is 1.45. The minimum atomic E-state index is -0.142. The van der Waals surface area contributed by atoms with Crippen LogP contribution in [0, 0.1) is 0 Å². The van der Waals surface area contributed by atoms with Gasteiger partial charge in [-0.3, -0.25) is 4.79 Å². The van der Waals surface area contributed by atoms with Crippen LogP contribution >= 0.6 is 0 Å². The van der Waals surface area contributed by atoms with Gasteiger partial charge in [-0.2, -0.15) is 0 Å². The van der Waals surface area contributed by atoms with E-state index in [0.29, 0.717) is 17.5 Å². The van der Waals surface area contributed by atoms with Crippen LogP contribution in [0.15, 0.2) is 12.1 Å². The van der Waals surface area contributed by atoms with Crippen LogP contribution in [0.1, 0.15) is 31.9 Å². The highest BCUT2D eigenvalue weighted by molar-refractivity contribution is 5.94. The van der Waals surface area contributed by atoms with Gasteiger partial charge < -0.3 is 10.1 Å². The molecule has 0 aromatic carbocycles. The Morgan fingerprint density at radius 2 is 2.40 bits per heavy atom. The number of fused-ring (bicyclic) bond motifs is 1. The normalized spacial score (nSPS) is 16.3. The maximum Gasteiger partial charge on any atom is 0.263 e. The van der Waals surface area contributed by atoms with Gasteiger partial charge in [-0.1, -0.05) is 13.8 Å². The summed E-state index contributed by atoms with van der Waals surface area (Å²) in [5.41, 5.74) is 0.988. The molecule has 2 heterocycles. The predicted octanol–water partition coefficient (Wildman–Crippen LogP) is 1.93. The topological polar surface area (TPSA) is 51.2 Å². The van der Waals surface area contributed by atoms with Crippen molar-refractivity contribution in [1.29, 1.82) is 0 Å². The Balaban J connectivity index is 2.32. The molecule has 1 atom stereocenters. The van der Waals surface area contributed by atoms with E-state index in [1.165, 1.54) is 0 Å². The highest BCUT2D eigenvalue weighted by atomic mass is 16.5. The van der Waals surface area contributed by atoms with Crippen molar-refractivity contribution in [1.82, 2.24) is 4.98 Å². The number of ether oxygens (including phenoxy) is 1. The molecule has 0 saturated heterocycles. The molecule has 2 rings (SSSR count). The molecule has 0 fully saturated rings. The zero-order valence-electron chi connectivity index (χ0n) is 8.91. The molecule has 1 unspecified atom stereocenters. The smallest absolute Gasteiger partial charge is 0.263 e. The lowest BCUT2D eigenvalue weighted by Crippen LogP contribution is -2.26. The van der Waals surface area contributed by atoms with Crippen molar-refractivity contribution in [3.8, 4) is 5.75 Å². The molecule has 1 amide bonds.